The molecule has 32 heavy (non-hydrogen) atoms. The van der Waals surface area contributed by atoms with Gasteiger partial charge in [0, 0.05) is 26.7 Å². The molecule has 2 bridgehead atoms. The number of hydrogen-bond acceptors (Lipinski definition) is 7. The highest BCUT2D eigenvalue weighted by molar-refractivity contribution is 5.93. The number of nitrogens with two attached hydrogens (primary N) is 1. The summed E-state index contributed by atoms with van der Waals surface area (Å²) < 4.78 is 14.8. The van der Waals surface area contributed by atoms with Crippen molar-refractivity contribution in [1.82, 2.24) is 14.5 Å². The summed E-state index contributed by atoms with van der Waals surface area (Å²) in [4.78, 5) is 31.2. The third kappa shape index (κ3) is 4.25. The number of rotatable bonds is 6. The van der Waals surface area contributed by atoms with Gasteiger partial charge >= 0.3 is 0 Å². The number of nitrogens with zero attached hydrogens (tertiary/aromatic N) is 3. The van der Waals surface area contributed by atoms with Crippen molar-refractivity contribution in [2.24, 2.45) is 11.7 Å². The molecular formula is C22H29FN4O5. The zero-order valence-electron chi connectivity index (χ0n) is 18.0. The molecule has 10 heteroatoms. The van der Waals surface area contributed by atoms with E-state index in [2.05, 4.69) is 4.98 Å². The molecule has 0 spiro atoms. The monoisotopic (exact) mass is 448 g/mol. The number of aliphatic hydroxyl groups is 2. The number of hydrogen-bond donors (Lipinski definition) is 4. The maximum atomic E-state index is 13.4. The predicted octanol–water partition coefficient (Wildman–Crippen LogP) is 0.689. The first kappa shape index (κ1) is 23.8. The average molecular weight is 448 g/mol. The van der Waals surface area contributed by atoms with Crippen molar-refractivity contribution in [3.8, 4) is 5.75 Å². The fraction of sp³-hybridized carbons (Fsp3) is 0.500. The second kappa shape index (κ2) is 9.76. The van der Waals surface area contributed by atoms with Crippen LogP contribution in [-0.4, -0.2) is 55.9 Å². The molecule has 1 aromatic heterocycles. The van der Waals surface area contributed by atoms with E-state index in [0.29, 0.717) is 38.3 Å². The number of carbonyl (C=O) groups is 1. The Balaban J connectivity index is 0.00000141. The van der Waals surface area contributed by atoms with Crippen molar-refractivity contribution in [3.05, 3.63) is 57.5 Å². The number of aromatic hydroxyl groups is 1. The maximum Gasteiger partial charge on any atom is 0.296 e. The molecule has 1 saturated carbocycles. The number of halogens is 1. The van der Waals surface area contributed by atoms with Crippen LogP contribution in [0.4, 0.5) is 4.39 Å². The Morgan fingerprint density at radius 1 is 1.28 bits per heavy atom. The van der Waals surface area contributed by atoms with E-state index in [-0.39, 0.29) is 18.3 Å². The number of fused-ring (bicyclic) bond motifs is 2. The van der Waals surface area contributed by atoms with Crippen LogP contribution in [0.1, 0.15) is 47.6 Å². The molecule has 1 aliphatic carbocycles. The quantitative estimate of drug-likeness (QED) is 0.509. The van der Waals surface area contributed by atoms with Gasteiger partial charge in [-0.05, 0) is 49.3 Å². The molecule has 5 rings (SSSR count). The molecule has 1 fully saturated rings. The Kier molecular flexibility index (Phi) is 7.27. The highest BCUT2D eigenvalue weighted by Gasteiger charge is 2.48. The van der Waals surface area contributed by atoms with Gasteiger partial charge in [-0.25, -0.2) is 9.37 Å². The van der Waals surface area contributed by atoms with Crippen molar-refractivity contribution in [1.29, 1.82) is 0 Å². The summed E-state index contributed by atoms with van der Waals surface area (Å²) in [7, 11) is 1.00. The molecule has 3 heterocycles. The van der Waals surface area contributed by atoms with Crippen LogP contribution in [0, 0.1) is 11.7 Å². The Bertz CT molecular complexity index is 1020. The van der Waals surface area contributed by atoms with Crippen LogP contribution < -0.4 is 11.3 Å². The topological polar surface area (TPSA) is 142 Å². The number of carbonyl (C=O) groups excluding carboxylic acids is 1. The molecule has 0 unspecified atom stereocenters. The summed E-state index contributed by atoms with van der Waals surface area (Å²) in [6.07, 6.45) is 3.07. The Hall–Kier alpha value is -2.82. The molecule has 174 valence electrons. The summed E-state index contributed by atoms with van der Waals surface area (Å²) in [5.41, 5.74) is 4.42. The molecule has 5 N–H and O–H groups in total. The van der Waals surface area contributed by atoms with Crippen molar-refractivity contribution < 1.29 is 24.5 Å². The number of aromatic nitrogens is 2. The highest BCUT2D eigenvalue weighted by Crippen LogP contribution is 2.47. The molecule has 1 amide bonds. The first-order valence-electron chi connectivity index (χ1n) is 10.5. The largest absolute Gasteiger partial charge is 0.501 e. The van der Waals surface area contributed by atoms with Crippen molar-refractivity contribution in [2.45, 2.75) is 44.3 Å². The first-order chi connectivity index (χ1) is 15.4. The predicted molar refractivity (Wildman–Crippen MR) is 114 cm³/mol. The van der Waals surface area contributed by atoms with E-state index in [4.69, 9.17) is 10.8 Å². The third-order valence-corrected chi connectivity index (χ3v) is 6.43. The van der Waals surface area contributed by atoms with Gasteiger partial charge in [-0.3, -0.25) is 19.1 Å². The second-order valence-corrected chi connectivity index (χ2v) is 8.16. The Morgan fingerprint density at radius 2 is 1.91 bits per heavy atom. The fourth-order valence-corrected chi connectivity index (χ4v) is 4.89. The minimum atomic E-state index is -0.964. The van der Waals surface area contributed by atoms with Crippen LogP contribution in [-0.2, 0) is 18.6 Å². The van der Waals surface area contributed by atoms with E-state index < -0.39 is 28.4 Å². The van der Waals surface area contributed by atoms with Gasteiger partial charge in [-0.2, -0.15) is 0 Å². The van der Waals surface area contributed by atoms with E-state index in [1.54, 1.807) is 12.1 Å². The number of amides is 1. The Labute approximate surface area is 184 Å². The van der Waals surface area contributed by atoms with Gasteiger partial charge in [-0.15, -0.1) is 0 Å². The van der Waals surface area contributed by atoms with Crippen LogP contribution in [0.15, 0.2) is 29.1 Å². The van der Waals surface area contributed by atoms with Crippen molar-refractivity contribution in [2.75, 3.05) is 20.3 Å². The van der Waals surface area contributed by atoms with E-state index in [1.807, 2.05) is 4.90 Å². The summed E-state index contributed by atoms with van der Waals surface area (Å²) in [5.74, 6) is -1.36. The zero-order chi connectivity index (χ0) is 23.5. The van der Waals surface area contributed by atoms with Gasteiger partial charge in [0.2, 0.25) is 5.75 Å². The summed E-state index contributed by atoms with van der Waals surface area (Å²) in [6, 6.07) is 6.14. The van der Waals surface area contributed by atoms with E-state index in [9.17, 15) is 24.2 Å². The van der Waals surface area contributed by atoms with Gasteiger partial charge in [0.1, 0.15) is 11.6 Å². The first-order valence-corrected chi connectivity index (χ1v) is 10.5. The molecule has 2 aromatic rings. The van der Waals surface area contributed by atoms with Gasteiger partial charge < -0.3 is 21.1 Å². The molecule has 9 nitrogen and oxygen atoms in total. The minimum Gasteiger partial charge on any atom is -0.501 e. The summed E-state index contributed by atoms with van der Waals surface area (Å²) in [6.45, 7) is 1.02. The lowest BCUT2D eigenvalue weighted by Crippen LogP contribution is -2.50. The normalized spacial score (nSPS) is 21.5. The lowest BCUT2D eigenvalue weighted by atomic mass is 9.76. The molecule has 0 radical (unpaired) electrons. The van der Waals surface area contributed by atoms with Crippen LogP contribution in [0.5, 0.6) is 5.75 Å². The van der Waals surface area contributed by atoms with E-state index in [0.717, 1.165) is 25.5 Å². The van der Waals surface area contributed by atoms with Gasteiger partial charge in [0.15, 0.2) is 5.69 Å². The maximum absolute atomic E-state index is 13.4. The van der Waals surface area contributed by atoms with E-state index in [1.165, 1.54) is 16.7 Å². The number of primary amides is 1. The van der Waals surface area contributed by atoms with Crippen LogP contribution in [0.25, 0.3) is 0 Å². The van der Waals surface area contributed by atoms with E-state index >= 15 is 0 Å². The van der Waals surface area contributed by atoms with Crippen LogP contribution in [0.2, 0.25) is 0 Å². The molecule has 1 aromatic carbocycles. The molecule has 2 aliphatic heterocycles. The van der Waals surface area contributed by atoms with Crippen LogP contribution in [0.3, 0.4) is 0 Å². The SMILES string of the molecule is CO.NC(=O)c1nc2n(c(=O)c1O)CC1CCC2(N(CCO)Cc2ccc(F)cc2)CC1. The zero-order valence-corrected chi connectivity index (χ0v) is 18.0. The second-order valence-electron chi connectivity index (χ2n) is 8.16. The number of benzene rings is 1. The van der Waals surface area contributed by atoms with Crippen molar-refractivity contribution in [3.63, 3.8) is 0 Å². The average Bonchev–Trinajstić information content (AvgIpc) is 3.06. The molecule has 0 atom stereocenters. The molecule has 0 saturated heterocycles. The number of aliphatic hydroxyl groups excluding tert-OH is 2. The lowest BCUT2D eigenvalue weighted by Gasteiger charge is -2.45. The summed E-state index contributed by atoms with van der Waals surface area (Å²) >= 11 is 0. The van der Waals surface area contributed by atoms with Crippen molar-refractivity contribution >= 4 is 5.91 Å². The molecule has 3 aliphatic rings. The van der Waals surface area contributed by atoms with Gasteiger partial charge in [0.05, 0.1) is 12.1 Å². The minimum absolute atomic E-state index is 0.114. The summed E-state index contributed by atoms with van der Waals surface area (Å²) in [5, 5.41) is 27.0. The molecular weight excluding hydrogens is 419 g/mol. The highest BCUT2D eigenvalue weighted by atomic mass is 19.1. The fourth-order valence-electron chi connectivity index (χ4n) is 4.89. The van der Waals surface area contributed by atoms with Crippen LogP contribution >= 0.6 is 0 Å². The van der Waals surface area contributed by atoms with Gasteiger partial charge in [0.25, 0.3) is 11.5 Å². The standard InChI is InChI=1S/C21H25FN4O4.CH4O/c22-15-3-1-13(2-4-15)11-25(9-10-27)21-7-5-14(6-8-21)12-26-19(30)17(28)16(18(23)29)24-20(21)26;1-2/h1-4,14,27-28H,5-12H2,(H2,23,29);2H,1H3. The smallest absolute Gasteiger partial charge is 0.296 e. The van der Waals surface area contributed by atoms with Gasteiger partial charge in [-0.1, -0.05) is 12.1 Å². The lowest BCUT2D eigenvalue weighted by molar-refractivity contribution is 0.0142. The Morgan fingerprint density at radius 3 is 2.47 bits per heavy atom. The third-order valence-electron chi connectivity index (χ3n) is 6.43.